The van der Waals surface area contributed by atoms with Crippen LogP contribution in [0, 0.1) is 6.92 Å². The van der Waals surface area contributed by atoms with Gasteiger partial charge < -0.3 is 19.7 Å². The first kappa shape index (κ1) is 26.5. The number of hydrogen-bond acceptors (Lipinski definition) is 5. The number of piperidine rings is 1. The van der Waals surface area contributed by atoms with Crippen LogP contribution in [0.2, 0.25) is 0 Å². The second kappa shape index (κ2) is 11.6. The molecule has 2 N–H and O–H groups in total. The van der Waals surface area contributed by atoms with Gasteiger partial charge in [-0.25, -0.2) is 0 Å². The maximum Gasteiger partial charge on any atom is 0.326 e. The molecule has 6 nitrogen and oxygen atoms in total. The molecule has 1 fully saturated rings. The lowest BCUT2D eigenvalue weighted by atomic mass is 9.86. The Morgan fingerprint density at radius 2 is 1.70 bits per heavy atom. The summed E-state index contributed by atoms with van der Waals surface area (Å²) in [6.07, 6.45) is 6.17. The average molecular weight is 502 g/mol. The molecule has 1 atom stereocenters. The minimum absolute atomic E-state index is 0.307. The van der Waals surface area contributed by atoms with Gasteiger partial charge in [-0.1, -0.05) is 60.7 Å². The fourth-order valence-electron chi connectivity index (χ4n) is 5.21. The first-order chi connectivity index (χ1) is 17.9. The molecule has 6 heteroatoms. The zero-order valence-electron chi connectivity index (χ0n) is 21.7. The van der Waals surface area contributed by atoms with Gasteiger partial charge in [0.15, 0.2) is 0 Å². The van der Waals surface area contributed by atoms with E-state index in [1.165, 1.54) is 16.7 Å². The maximum absolute atomic E-state index is 12.2. The molecule has 1 aliphatic heterocycles. The molecule has 0 radical (unpaired) electrons. The molecule has 1 saturated heterocycles. The molecule has 3 aromatic carbocycles. The Morgan fingerprint density at radius 3 is 2.32 bits per heavy atom. The van der Waals surface area contributed by atoms with E-state index in [0.29, 0.717) is 31.0 Å². The maximum atomic E-state index is 12.2. The van der Waals surface area contributed by atoms with Crippen molar-refractivity contribution in [2.24, 2.45) is 0 Å². The van der Waals surface area contributed by atoms with Crippen molar-refractivity contribution in [3.63, 3.8) is 0 Å². The molecule has 0 amide bonds. The van der Waals surface area contributed by atoms with E-state index in [0.717, 1.165) is 29.5 Å². The van der Waals surface area contributed by atoms with Crippen LogP contribution in [0.25, 0.3) is 23.3 Å². The fraction of sp³-hybridized carbons (Fsp3) is 0.323. The van der Waals surface area contributed by atoms with Crippen LogP contribution < -0.4 is 9.47 Å². The molecule has 0 saturated carbocycles. The molecule has 1 heterocycles. The number of aliphatic hydroxyl groups is 1. The van der Waals surface area contributed by atoms with E-state index < -0.39 is 18.1 Å². The summed E-state index contributed by atoms with van der Waals surface area (Å²) in [5.41, 5.74) is 5.07. The summed E-state index contributed by atoms with van der Waals surface area (Å²) in [4.78, 5) is 14.0. The van der Waals surface area contributed by atoms with Crippen LogP contribution in [0.1, 0.15) is 41.5 Å². The van der Waals surface area contributed by atoms with Gasteiger partial charge in [0, 0.05) is 6.54 Å². The van der Waals surface area contributed by atoms with E-state index >= 15 is 0 Å². The molecule has 0 spiro atoms. The Balaban J connectivity index is 1.66. The van der Waals surface area contributed by atoms with Gasteiger partial charge in [-0.05, 0) is 72.7 Å². The summed E-state index contributed by atoms with van der Waals surface area (Å²) < 4.78 is 11.5. The molecule has 1 aliphatic rings. The SMILES string of the molecule is COc1cc(C=Cc2cccc(-c3ccccc3)c2C)cc(OC)c1CN1CCCCC1(CO)C(=O)O. The fourth-order valence-corrected chi connectivity index (χ4v) is 5.21. The van der Waals surface area contributed by atoms with Crippen molar-refractivity contribution in [2.75, 3.05) is 27.4 Å². The number of benzene rings is 3. The average Bonchev–Trinajstić information content (AvgIpc) is 2.93. The number of carboxylic acids is 1. The van der Waals surface area contributed by atoms with Crippen molar-refractivity contribution in [2.45, 2.75) is 38.3 Å². The first-order valence-electron chi connectivity index (χ1n) is 12.6. The molecule has 0 bridgehead atoms. The highest BCUT2D eigenvalue weighted by molar-refractivity contribution is 5.80. The summed E-state index contributed by atoms with van der Waals surface area (Å²) in [7, 11) is 3.21. The Morgan fingerprint density at radius 1 is 1.00 bits per heavy atom. The van der Waals surface area contributed by atoms with Crippen molar-refractivity contribution < 1.29 is 24.5 Å². The van der Waals surface area contributed by atoms with E-state index in [9.17, 15) is 15.0 Å². The highest BCUT2D eigenvalue weighted by Crippen LogP contribution is 2.37. The molecule has 0 aliphatic carbocycles. The Bertz CT molecular complexity index is 1240. The third-order valence-electron chi connectivity index (χ3n) is 7.43. The predicted molar refractivity (Wildman–Crippen MR) is 147 cm³/mol. The molecule has 0 aromatic heterocycles. The summed E-state index contributed by atoms with van der Waals surface area (Å²) in [5.74, 6) is 0.244. The minimum atomic E-state index is -1.30. The van der Waals surface area contributed by atoms with Gasteiger partial charge in [0.1, 0.15) is 17.0 Å². The van der Waals surface area contributed by atoms with Gasteiger partial charge >= 0.3 is 5.97 Å². The Hall–Kier alpha value is -3.61. The third kappa shape index (κ3) is 5.41. The number of methoxy groups -OCH3 is 2. The highest BCUT2D eigenvalue weighted by atomic mass is 16.5. The number of carboxylic acid groups (broad SMARTS) is 1. The summed E-state index contributed by atoms with van der Waals surface area (Å²) in [6, 6.07) is 20.5. The number of aliphatic carboxylic acids is 1. The second-order valence-corrected chi connectivity index (χ2v) is 9.50. The number of carbonyl (C=O) groups is 1. The number of nitrogens with zero attached hydrogens (tertiary/aromatic N) is 1. The molecule has 1 unspecified atom stereocenters. The van der Waals surface area contributed by atoms with E-state index in [-0.39, 0.29) is 0 Å². The monoisotopic (exact) mass is 501 g/mol. The van der Waals surface area contributed by atoms with Crippen molar-refractivity contribution in [3.05, 3.63) is 82.9 Å². The minimum Gasteiger partial charge on any atom is -0.496 e. The van der Waals surface area contributed by atoms with Crippen LogP contribution in [-0.2, 0) is 11.3 Å². The van der Waals surface area contributed by atoms with Gasteiger partial charge in [-0.3, -0.25) is 9.69 Å². The van der Waals surface area contributed by atoms with E-state index in [1.807, 2.05) is 41.3 Å². The number of hydrogen-bond donors (Lipinski definition) is 2. The van der Waals surface area contributed by atoms with E-state index in [1.54, 1.807) is 14.2 Å². The zero-order chi connectivity index (χ0) is 26.4. The molecule has 37 heavy (non-hydrogen) atoms. The number of aliphatic hydroxyl groups excluding tert-OH is 1. The van der Waals surface area contributed by atoms with Crippen molar-refractivity contribution >= 4 is 18.1 Å². The largest absolute Gasteiger partial charge is 0.496 e. The smallest absolute Gasteiger partial charge is 0.326 e. The van der Waals surface area contributed by atoms with Gasteiger partial charge in [0.2, 0.25) is 0 Å². The second-order valence-electron chi connectivity index (χ2n) is 9.50. The normalized spacial score (nSPS) is 18.2. The van der Waals surface area contributed by atoms with E-state index in [4.69, 9.17) is 9.47 Å². The van der Waals surface area contributed by atoms with Gasteiger partial charge in [-0.2, -0.15) is 0 Å². The Kier molecular flexibility index (Phi) is 8.31. The third-order valence-corrected chi connectivity index (χ3v) is 7.43. The molecule has 3 aromatic rings. The highest BCUT2D eigenvalue weighted by Gasteiger charge is 2.45. The molecular formula is C31H35NO5. The molecular weight excluding hydrogens is 466 g/mol. The summed E-state index contributed by atoms with van der Waals surface area (Å²) in [5, 5.41) is 20.0. The van der Waals surface area contributed by atoms with Crippen LogP contribution in [0.15, 0.2) is 60.7 Å². The lowest BCUT2D eigenvalue weighted by molar-refractivity contribution is -0.158. The standard InChI is InChI=1S/C31H35NO5/c1-22-24(12-9-13-26(22)25-10-5-4-6-11-25)15-14-23-18-28(36-2)27(29(19-23)37-3)20-32-17-8-7-16-31(32,21-33)30(34)35/h4-6,9-15,18-19,33H,7-8,16-17,20-21H2,1-3H3,(H,34,35). The summed E-state index contributed by atoms with van der Waals surface area (Å²) >= 11 is 0. The number of rotatable bonds is 9. The zero-order valence-corrected chi connectivity index (χ0v) is 21.7. The quantitative estimate of drug-likeness (QED) is 0.369. The lowest BCUT2D eigenvalue weighted by Crippen LogP contribution is -2.59. The molecule has 4 rings (SSSR count). The van der Waals surface area contributed by atoms with E-state index in [2.05, 4.69) is 43.3 Å². The first-order valence-corrected chi connectivity index (χ1v) is 12.6. The van der Waals surface area contributed by atoms with Crippen molar-refractivity contribution in [1.29, 1.82) is 0 Å². The summed E-state index contributed by atoms with van der Waals surface area (Å²) in [6.45, 7) is 2.58. The molecule has 194 valence electrons. The van der Waals surface area contributed by atoms with Crippen LogP contribution >= 0.6 is 0 Å². The van der Waals surface area contributed by atoms with Crippen molar-refractivity contribution in [1.82, 2.24) is 4.90 Å². The van der Waals surface area contributed by atoms with Crippen LogP contribution in [0.4, 0.5) is 0 Å². The van der Waals surface area contributed by atoms with Gasteiger partial charge in [0.25, 0.3) is 0 Å². The van der Waals surface area contributed by atoms with Crippen LogP contribution in [0.5, 0.6) is 11.5 Å². The topological polar surface area (TPSA) is 79.2 Å². The Labute approximate surface area is 218 Å². The number of likely N-dealkylation sites (tertiary alicyclic amines) is 1. The van der Waals surface area contributed by atoms with Gasteiger partial charge in [-0.15, -0.1) is 0 Å². The van der Waals surface area contributed by atoms with Crippen LogP contribution in [0.3, 0.4) is 0 Å². The van der Waals surface area contributed by atoms with Crippen LogP contribution in [-0.4, -0.2) is 54.0 Å². The number of ether oxygens (including phenoxy) is 2. The van der Waals surface area contributed by atoms with Gasteiger partial charge in [0.05, 0.1) is 26.4 Å². The predicted octanol–water partition coefficient (Wildman–Crippen LogP) is 5.65. The van der Waals surface area contributed by atoms with Crippen molar-refractivity contribution in [3.8, 4) is 22.6 Å². The lowest BCUT2D eigenvalue weighted by Gasteiger charge is -2.43.